The third kappa shape index (κ3) is 4.84. The molecule has 0 bridgehead atoms. The Hall–Kier alpha value is -3.23. The second-order valence-corrected chi connectivity index (χ2v) is 7.51. The van der Waals surface area contributed by atoms with Gasteiger partial charge in [0.15, 0.2) is 0 Å². The number of esters is 1. The van der Waals surface area contributed by atoms with Gasteiger partial charge in [0.1, 0.15) is 10.6 Å². The number of nitro groups is 1. The van der Waals surface area contributed by atoms with Crippen LogP contribution in [0.5, 0.6) is 0 Å². The number of ether oxygens (including phenoxy) is 1. The van der Waals surface area contributed by atoms with Crippen molar-refractivity contribution in [2.24, 2.45) is 0 Å². The molecule has 1 amide bonds. The minimum atomic E-state index is -0.565. The van der Waals surface area contributed by atoms with E-state index in [-0.39, 0.29) is 29.8 Å². The second-order valence-electron chi connectivity index (χ2n) is 6.19. The van der Waals surface area contributed by atoms with Crippen molar-refractivity contribution in [2.75, 3.05) is 11.9 Å². The lowest BCUT2D eigenvalue weighted by Crippen LogP contribution is -2.17. The molecule has 0 aliphatic rings. The number of rotatable bonds is 7. The molecular formula is C21H17ClN2O5S. The van der Waals surface area contributed by atoms with Crippen LogP contribution in [0.4, 0.5) is 10.7 Å². The summed E-state index contributed by atoms with van der Waals surface area (Å²) < 4.78 is 5.16. The highest BCUT2D eigenvalue weighted by Crippen LogP contribution is 2.37. The molecule has 0 fully saturated rings. The lowest BCUT2D eigenvalue weighted by Gasteiger charge is -2.09. The molecule has 3 rings (SSSR count). The number of anilines is 1. The van der Waals surface area contributed by atoms with Crippen LogP contribution >= 0.6 is 22.9 Å². The lowest BCUT2D eigenvalue weighted by atomic mass is 10.0. The third-order valence-electron chi connectivity index (χ3n) is 4.22. The molecule has 9 heteroatoms. The molecule has 3 aromatic rings. The van der Waals surface area contributed by atoms with Gasteiger partial charge in [-0.25, -0.2) is 4.79 Å². The van der Waals surface area contributed by atoms with Crippen molar-refractivity contribution in [1.82, 2.24) is 0 Å². The summed E-state index contributed by atoms with van der Waals surface area (Å²) in [7, 11) is 0. The minimum Gasteiger partial charge on any atom is -0.462 e. The number of benzene rings is 2. The summed E-state index contributed by atoms with van der Waals surface area (Å²) >= 11 is 7.12. The number of thiophene rings is 1. The van der Waals surface area contributed by atoms with Gasteiger partial charge in [0.2, 0.25) is 5.91 Å². The molecule has 0 unspecified atom stereocenters. The van der Waals surface area contributed by atoms with Gasteiger partial charge in [-0.3, -0.25) is 14.9 Å². The summed E-state index contributed by atoms with van der Waals surface area (Å²) in [6.45, 7) is 1.87. The molecule has 1 aromatic heterocycles. The number of carbonyl (C=O) groups excluding carboxylic acids is 2. The van der Waals surface area contributed by atoms with Crippen LogP contribution in [0.25, 0.3) is 11.1 Å². The zero-order valence-electron chi connectivity index (χ0n) is 15.9. The van der Waals surface area contributed by atoms with Gasteiger partial charge in [0, 0.05) is 27.6 Å². The van der Waals surface area contributed by atoms with E-state index in [0.717, 1.165) is 5.56 Å². The van der Waals surface area contributed by atoms with Crippen LogP contribution in [0, 0.1) is 10.1 Å². The Bertz CT molecular complexity index is 1100. The average molecular weight is 445 g/mol. The van der Waals surface area contributed by atoms with Crippen molar-refractivity contribution in [3.05, 3.63) is 80.2 Å². The SMILES string of the molecule is CCOC(=O)c1c(-c2ccc(Cl)cc2)csc1NC(=O)Cc1ccccc1[N+](=O)[O-]. The van der Waals surface area contributed by atoms with Crippen molar-refractivity contribution in [3.8, 4) is 11.1 Å². The Morgan fingerprint density at radius 2 is 1.87 bits per heavy atom. The van der Waals surface area contributed by atoms with Crippen molar-refractivity contribution in [2.45, 2.75) is 13.3 Å². The van der Waals surface area contributed by atoms with Crippen molar-refractivity contribution >= 4 is 45.5 Å². The van der Waals surface area contributed by atoms with Gasteiger partial charge in [-0.1, -0.05) is 41.9 Å². The van der Waals surface area contributed by atoms with Crippen LogP contribution in [0.15, 0.2) is 53.9 Å². The topological polar surface area (TPSA) is 98.5 Å². The Morgan fingerprint density at radius 1 is 1.17 bits per heavy atom. The van der Waals surface area contributed by atoms with Gasteiger partial charge in [0.25, 0.3) is 5.69 Å². The maximum atomic E-state index is 12.6. The molecule has 0 saturated heterocycles. The van der Waals surface area contributed by atoms with E-state index < -0.39 is 16.8 Å². The summed E-state index contributed by atoms with van der Waals surface area (Å²) in [5.74, 6) is -1.04. The summed E-state index contributed by atoms with van der Waals surface area (Å²) in [6.07, 6.45) is -0.201. The summed E-state index contributed by atoms with van der Waals surface area (Å²) in [4.78, 5) is 35.8. The second kappa shape index (κ2) is 9.51. The number of para-hydroxylation sites is 1. The number of nitrogens with one attached hydrogen (secondary N) is 1. The first-order valence-corrected chi connectivity index (χ1v) is 10.2. The zero-order valence-corrected chi connectivity index (χ0v) is 17.5. The number of hydrogen-bond acceptors (Lipinski definition) is 6. The molecule has 0 aliphatic heterocycles. The molecular weight excluding hydrogens is 428 g/mol. The third-order valence-corrected chi connectivity index (χ3v) is 5.37. The van der Waals surface area contributed by atoms with E-state index in [0.29, 0.717) is 15.6 Å². The molecule has 1 N–H and O–H groups in total. The highest BCUT2D eigenvalue weighted by atomic mass is 35.5. The van der Waals surface area contributed by atoms with E-state index in [1.165, 1.54) is 29.5 Å². The standard InChI is InChI=1S/C21H17ClN2O5S/c1-2-29-21(26)19-16(13-7-9-15(22)10-8-13)12-30-20(19)23-18(25)11-14-5-3-4-6-17(14)24(27)28/h3-10,12H,2,11H2,1H3,(H,23,25). The summed E-state index contributed by atoms with van der Waals surface area (Å²) in [6, 6.07) is 13.0. The van der Waals surface area contributed by atoms with E-state index in [4.69, 9.17) is 16.3 Å². The number of nitrogens with zero attached hydrogens (tertiary/aromatic N) is 1. The fraction of sp³-hybridized carbons (Fsp3) is 0.143. The molecule has 0 spiro atoms. The van der Waals surface area contributed by atoms with Crippen LogP contribution in [0.1, 0.15) is 22.8 Å². The molecule has 0 radical (unpaired) electrons. The smallest absolute Gasteiger partial charge is 0.341 e. The van der Waals surface area contributed by atoms with Gasteiger partial charge < -0.3 is 10.1 Å². The van der Waals surface area contributed by atoms with Gasteiger partial charge in [0.05, 0.1) is 18.0 Å². The number of carbonyl (C=O) groups is 2. The lowest BCUT2D eigenvalue weighted by molar-refractivity contribution is -0.385. The van der Waals surface area contributed by atoms with E-state index >= 15 is 0 Å². The van der Waals surface area contributed by atoms with Crippen molar-refractivity contribution in [3.63, 3.8) is 0 Å². The van der Waals surface area contributed by atoms with E-state index in [1.807, 2.05) is 0 Å². The minimum absolute atomic E-state index is 0.133. The molecule has 30 heavy (non-hydrogen) atoms. The fourth-order valence-corrected chi connectivity index (χ4v) is 3.98. The molecule has 0 atom stereocenters. The molecule has 1 heterocycles. The first-order chi connectivity index (χ1) is 14.4. The predicted octanol–water partition coefficient (Wildman–Crippen LogP) is 5.33. The normalized spacial score (nSPS) is 10.5. The maximum absolute atomic E-state index is 12.6. The van der Waals surface area contributed by atoms with E-state index in [2.05, 4.69) is 5.32 Å². The molecule has 154 valence electrons. The van der Waals surface area contributed by atoms with Crippen LogP contribution in [-0.4, -0.2) is 23.4 Å². The van der Waals surface area contributed by atoms with Gasteiger partial charge in [-0.2, -0.15) is 0 Å². The monoisotopic (exact) mass is 444 g/mol. The Balaban J connectivity index is 1.90. The Kier molecular flexibility index (Phi) is 6.81. The first kappa shape index (κ1) is 21.5. The van der Waals surface area contributed by atoms with Gasteiger partial charge >= 0.3 is 5.97 Å². The number of hydrogen-bond donors (Lipinski definition) is 1. The van der Waals surface area contributed by atoms with Crippen molar-refractivity contribution < 1.29 is 19.2 Å². The van der Waals surface area contributed by atoms with E-state index in [9.17, 15) is 19.7 Å². The molecule has 0 aliphatic carbocycles. The van der Waals surface area contributed by atoms with E-state index in [1.54, 1.807) is 42.6 Å². The first-order valence-electron chi connectivity index (χ1n) is 8.97. The number of nitro benzene ring substituents is 1. The fourth-order valence-electron chi connectivity index (χ4n) is 2.88. The highest BCUT2D eigenvalue weighted by molar-refractivity contribution is 7.15. The van der Waals surface area contributed by atoms with Crippen LogP contribution < -0.4 is 5.32 Å². The van der Waals surface area contributed by atoms with Gasteiger partial charge in [-0.05, 0) is 24.6 Å². The van der Waals surface area contributed by atoms with Crippen LogP contribution in [-0.2, 0) is 16.0 Å². The molecule has 2 aromatic carbocycles. The van der Waals surface area contributed by atoms with Crippen LogP contribution in [0.2, 0.25) is 5.02 Å². The van der Waals surface area contributed by atoms with Crippen molar-refractivity contribution in [1.29, 1.82) is 0 Å². The number of halogens is 1. The molecule has 7 nitrogen and oxygen atoms in total. The largest absolute Gasteiger partial charge is 0.462 e. The summed E-state index contributed by atoms with van der Waals surface area (Å²) in [5.41, 5.74) is 1.74. The predicted molar refractivity (Wildman–Crippen MR) is 116 cm³/mol. The van der Waals surface area contributed by atoms with Gasteiger partial charge in [-0.15, -0.1) is 11.3 Å². The Labute approximate surface area is 181 Å². The average Bonchev–Trinajstić information content (AvgIpc) is 3.12. The summed E-state index contributed by atoms with van der Waals surface area (Å²) in [5, 5.41) is 16.5. The highest BCUT2D eigenvalue weighted by Gasteiger charge is 2.24. The van der Waals surface area contributed by atoms with Crippen LogP contribution in [0.3, 0.4) is 0 Å². The quantitative estimate of drug-likeness (QED) is 0.301. The molecule has 0 saturated carbocycles. The maximum Gasteiger partial charge on any atom is 0.341 e. The zero-order chi connectivity index (χ0) is 21.7. The Morgan fingerprint density at radius 3 is 2.53 bits per heavy atom. The number of amides is 1.